The number of aliphatic hydroxyl groups is 1. The van der Waals surface area contributed by atoms with Gasteiger partial charge in [-0.25, -0.2) is 0 Å². The summed E-state index contributed by atoms with van der Waals surface area (Å²) in [6.45, 7) is 3.75. The maximum Gasteiger partial charge on any atom is 0.0772 e. The van der Waals surface area contributed by atoms with Crippen molar-refractivity contribution in [1.29, 1.82) is 0 Å². The second kappa shape index (κ2) is 4.83. The number of nitrogens with zero attached hydrogens (tertiary/aromatic N) is 1. The summed E-state index contributed by atoms with van der Waals surface area (Å²) < 4.78 is 6.83. The average molecular weight is 312 g/mol. The van der Waals surface area contributed by atoms with Gasteiger partial charge >= 0.3 is 0 Å². The zero-order valence-electron chi connectivity index (χ0n) is 10.5. The van der Waals surface area contributed by atoms with E-state index in [1.54, 1.807) is 6.92 Å². The SMILES string of the molecule is C[C@@H](O)c1ccc(N2CC3CCC(C2)O3)cc1Br. The van der Waals surface area contributed by atoms with E-state index in [1.165, 1.54) is 18.5 Å². The minimum absolute atomic E-state index is 0.402. The van der Waals surface area contributed by atoms with Crippen LogP contribution in [0.25, 0.3) is 0 Å². The van der Waals surface area contributed by atoms with Crippen molar-refractivity contribution in [2.24, 2.45) is 0 Å². The summed E-state index contributed by atoms with van der Waals surface area (Å²) in [6, 6.07) is 6.20. The van der Waals surface area contributed by atoms with Crippen LogP contribution >= 0.6 is 15.9 Å². The van der Waals surface area contributed by atoms with Crippen molar-refractivity contribution in [3.8, 4) is 0 Å². The van der Waals surface area contributed by atoms with Crippen LogP contribution in [-0.4, -0.2) is 30.4 Å². The summed E-state index contributed by atoms with van der Waals surface area (Å²) in [7, 11) is 0. The molecule has 2 unspecified atom stereocenters. The highest BCUT2D eigenvalue weighted by atomic mass is 79.9. The molecule has 4 heteroatoms. The van der Waals surface area contributed by atoms with Gasteiger partial charge in [-0.3, -0.25) is 0 Å². The van der Waals surface area contributed by atoms with Crippen molar-refractivity contribution in [3.05, 3.63) is 28.2 Å². The van der Waals surface area contributed by atoms with Crippen LogP contribution in [0.5, 0.6) is 0 Å². The third kappa shape index (κ3) is 2.29. The number of fused-ring (bicyclic) bond motifs is 2. The molecule has 2 fully saturated rings. The Bertz CT molecular complexity index is 437. The van der Waals surface area contributed by atoms with E-state index in [1.807, 2.05) is 6.07 Å². The second-order valence-corrected chi connectivity index (χ2v) is 6.10. The predicted octanol–water partition coefficient (Wildman–Crippen LogP) is 2.87. The van der Waals surface area contributed by atoms with Gasteiger partial charge in [-0.15, -0.1) is 0 Å². The van der Waals surface area contributed by atoms with Crippen LogP contribution in [0.15, 0.2) is 22.7 Å². The van der Waals surface area contributed by atoms with Crippen LogP contribution in [0.3, 0.4) is 0 Å². The van der Waals surface area contributed by atoms with Gasteiger partial charge in [0.15, 0.2) is 0 Å². The van der Waals surface area contributed by atoms with Gasteiger partial charge in [0.25, 0.3) is 0 Å². The molecule has 2 aliphatic rings. The second-order valence-electron chi connectivity index (χ2n) is 5.24. The molecule has 3 atom stereocenters. The van der Waals surface area contributed by atoms with Gasteiger partial charge in [0.05, 0.1) is 18.3 Å². The van der Waals surface area contributed by atoms with Gasteiger partial charge in [0.1, 0.15) is 0 Å². The first-order chi connectivity index (χ1) is 8.63. The Kier molecular flexibility index (Phi) is 3.34. The molecule has 0 aliphatic carbocycles. The van der Waals surface area contributed by atoms with Crippen molar-refractivity contribution >= 4 is 21.6 Å². The van der Waals surface area contributed by atoms with Crippen molar-refractivity contribution in [2.45, 2.75) is 38.1 Å². The van der Waals surface area contributed by atoms with Crippen LogP contribution in [0.2, 0.25) is 0 Å². The number of ether oxygens (including phenoxy) is 1. The van der Waals surface area contributed by atoms with Gasteiger partial charge < -0.3 is 14.7 Å². The molecule has 0 aromatic heterocycles. The van der Waals surface area contributed by atoms with Crippen LogP contribution < -0.4 is 4.90 Å². The van der Waals surface area contributed by atoms with Crippen LogP contribution in [0, 0.1) is 0 Å². The Morgan fingerprint density at radius 3 is 2.56 bits per heavy atom. The number of halogens is 1. The Hall–Kier alpha value is -0.580. The van der Waals surface area contributed by atoms with E-state index in [0.717, 1.165) is 23.1 Å². The third-order valence-corrected chi connectivity index (χ3v) is 4.53. The van der Waals surface area contributed by atoms with Gasteiger partial charge in [-0.2, -0.15) is 0 Å². The van der Waals surface area contributed by atoms with Crippen molar-refractivity contribution < 1.29 is 9.84 Å². The van der Waals surface area contributed by atoms with E-state index in [0.29, 0.717) is 12.2 Å². The number of benzene rings is 1. The number of anilines is 1. The molecule has 0 radical (unpaired) electrons. The van der Waals surface area contributed by atoms with Gasteiger partial charge in [0.2, 0.25) is 0 Å². The summed E-state index contributed by atoms with van der Waals surface area (Å²) in [4.78, 5) is 2.39. The monoisotopic (exact) mass is 311 g/mol. The van der Waals surface area contributed by atoms with Crippen molar-refractivity contribution in [3.63, 3.8) is 0 Å². The van der Waals surface area contributed by atoms with Gasteiger partial charge in [-0.1, -0.05) is 22.0 Å². The van der Waals surface area contributed by atoms with E-state index in [4.69, 9.17) is 4.74 Å². The average Bonchev–Trinajstić information content (AvgIpc) is 2.67. The maximum absolute atomic E-state index is 9.64. The summed E-state index contributed by atoms with van der Waals surface area (Å²) in [5.41, 5.74) is 2.15. The van der Waals surface area contributed by atoms with E-state index in [2.05, 4.69) is 33.0 Å². The molecule has 1 N–H and O–H groups in total. The summed E-state index contributed by atoms with van der Waals surface area (Å²) in [5, 5.41) is 9.64. The molecule has 2 aliphatic heterocycles. The van der Waals surface area contributed by atoms with Gasteiger partial charge in [-0.05, 0) is 37.5 Å². The third-order valence-electron chi connectivity index (χ3n) is 3.84. The lowest BCUT2D eigenvalue weighted by Crippen LogP contribution is -2.42. The van der Waals surface area contributed by atoms with Gasteiger partial charge in [0, 0.05) is 23.2 Å². The molecule has 0 amide bonds. The Labute approximate surface area is 116 Å². The molecule has 2 heterocycles. The minimum Gasteiger partial charge on any atom is -0.389 e. The fraction of sp³-hybridized carbons (Fsp3) is 0.571. The smallest absolute Gasteiger partial charge is 0.0772 e. The van der Waals surface area contributed by atoms with Crippen LogP contribution in [0.4, 0.5) is 5.69 Å². The van der Waals surface area contributed by atoms with Crippen LogP contribution in [0.1, 0.15) is 31.4 Å². The molecule has 1 aromatic rings. The first-order valence-corrected chi connectivity index (χ1v) is 7.30. The van der Waals surface area contributed by atoms with E-state index in [9.17, 15) is 5.11 Å². The van der Waals surface area contributed by atoms with Crippen molar-refractivity contribution in [2.75, 3.05) is 18.0 Å². The lowest BCUT2D eigenvalue weighted by molar-refractivity contribution is 0.0305. The summed E-state index contributed by atoms with van der Waals surface area (Å²) in [6.07, 6.45) is 2.74. The Morgan fingerprint density at radius 2 is 2.00 bits per heavy atom. The standard InChI is InChI=1S/C14H18BrNO2/c1-9(17)13-5-2-10(6-14(13)15)16-7-11-3-4-12(8-16)18-11/h2,5-6,9,11-12,17H,3-4,7-8H2,1H3/t9-,11?,12?/m1/s1. The van der Waals surface area contributed by atoms with E-state index < -0.39 is 6.10 Å². The molecule has 1 aromatic carbocycles. The fourth-order valence-corrected chi connectivity index (χ4v) is 3.58. The normalized spacial score (nSPS) is 28.5. The first-order valence-electron chi connectivity index (χ1n) is 6.51. The molecule has 2 saturated heterocycles. The highest BCUT2D eigenvalue weighted by Crippen LogP contribution is 2.33. The molecular formula is C14H18BrNO2. The summed E-state index contributed by atoms with van der Waals surface area (Å²) in [5.74, 6) is 0. The zero-order chi connectivity index (χ0) is 12.7. The summed E-state index contributed by atoms with van der Waals surface area (Å²) >= 11 is 3.54. The predicted molar refractivity (Wildman–Crippen MR) is 74.9 cm³/mol. The lowest BCUT2D eigenvalue weighted by atomic mass is 10.1. The zero-order valence-corrected chi connectivity index (χ0v) is 12.1. The first kappa shape index (κ1) is 12.5. The number of morpholine rings is 1. The topological polar surface area (TPSA) is 32.7 Å². The number of rotatable bonds is 2. The van der Waals surface area contributed by atoms with E-state index in [-0.39, 0.29) is 0 Å². The molecule has 3 rings (SSSR count). The quantitative estimate of drug-likeness (QED) is 0.911. The Balaban J connectivity index is 1.82. The highest BCUT2D eigenvalue weighted by Gasteiger charge is 2.33. The largest absolute Gasteiger partial charge is 0.389 e. The Morgan fingerprint density at radius 1 is 1.33 bits per heavy atom. The van der Waals surface area contributed by atoms with Crippen molar-refractivity contribution in [1.82, 2.24) is 0 Å². The molecule has 0 spiro atoms. The number of aliphatic hydroxyl groups excluding tert-OH is 1. The van der Waals surface area contributed by atoms with E-state index >= 15 is 0 Å². The molecule has 3 nitrogen and oxygen atoms in total. The number of hydrogen-bond donors (Lipinski definition) is 1. The maximum atomic E-state index is 9.64. The number of hydrogen-bond acceptors (Lipinski definition) is 3. The highest BCUT2D eigenvalue weighted by molar-refractivity contribution is 9.10. The fourth-order valence-electron chi connectivity index (χ4n) is 2.88. The lowest BCUT2D eigenvalue weighted by Gasteiger charge is -2.34. The molecular weight excluding hydrogens is 294 g/mol. The molecule has 0 saturated carbocycles. The minimum atomic E-state index is -0.436. The molecule has 2 bridgehead atoms. The van der Waals surface area contributed by atoms with Crippen LogP contribution in [-0.2, 0) is 4.74 Å². The molecule has 98 valence electrons. The molecule has 18 heavy (non-hydrogen) atoms.